The van der Waals surface area contributed by atoms with E-state index >= 15 is 0 Å². The molecule has 1 unspecified atom stereocenters. The molecule has 2 rings (SSSR count). The van der Waals surface area contributed by atoms with Crippen LogP contribution in [-0.4, -0.2) is 33.0 Å². The standard InChI is InChI=1S/C13H20N2O2S2/c1-14-19(16,17)13-6-2-4-11(8-13)9-15-12-5-3-7-18-10-12/h2,4,6,8,12,14-15H,3,5,7,9-10H2,1H3. The molecule has 0 amide bonds. The second kappa shape index (κ2) is 6.74. The van der Waals surface area contributed by atoms with Crippen molar-refractivity contribution in [1.29, 1.82) is 0 Å². The zero-order valence-electron chi connectivity index (χ0n) is 11.1. The van der Waals surface area contributed by atoms with E-state index in [4.69, 9.17) is 0 Å². The molecule has 0 saturated carbocycles. The lowest BCUT2D eigenvalue weighted by molar-refractivity contribution is 0.507. The molecular formula is C13H20N2O2S2. The van der Waals surface area contributed by atoms with Crippen molar-refractivity contribution in [2.75, 3.05) is 18.6 Å². The van der Waals surface area contributed by atoms with E-state index in [0.29, 0.717) is 10.9 Å². The van der Waals surface area contributed by atoms with Crippen molar-refractivity contribution in [1.82, 2.24) is 10.0 Å². The second-order valence-corrected chi connectivity index (χ2v) is 7.69. The number of nitrogens with one attached hydrogen (secondary N) is 2. The van der Waals surface area contributed by atoms with Gasteiger partial charge in [-0.2, -0.15) is 11.8 Å². The molecule has 1 heterocycles. The molecule has 0 aliphatic carbocycles. The molecule has 0 bridgehead atoms. The van der Waals surface area contributed by atoms with Gasteiger partial charge in [0, 0.05) is 18.3 Å². The maximum absolute atomic E-state index is 11.7. The van der Waals surface area contributed by atoms with E-state index in [0.717, 1.165) is 17.9 Å². The van der Waals surface area contributed by atoms with Crippen LogP contribution in [0.4, 0.5) is 0 Å². The van der Waals surface area contributed by atoms with Gasteiger partial charge in [0.2, 0.25) is 10.0 Å². The fourth-order valence-corrected chi connectivity index (χ4v) is 4.01. The average molecular weight is 300 g/mol. The Bertz CT molecular complexity index is 511. The highest BCUT2D eigenvalue weighted by molar-refractivity contribution is 7.99. The molecular weight excluding hydrogens is 280 g/mol. The molecule has 1 aromatic carbocycles. The summed E-state index contributed by atoms with van der Waals surface area (Å²) in [6.07, 6.45) is 2.47. The summed E-state index contributed by atoms with van der Waals surface area (Å²) in [5.41, 5.74) is 1.01. The van der Waals surface area contributed by atoms with E-state index < -0.39 is 10.0 Å². The van der Waals surface area contributed by atoms with Crippen LogP contribution in [0, 0.1) is 0 Å². The lowest BCUT2D eigenvalue weighted by atomic mass is 10.1. The predicted molar refractivity (Wildman–Crippen MR) is 79.9 cm³/mol. The smallest absolute Gasteiger partial charge is 0.240 e. The van der Waals surface area contributed by atoms with Gasteiger partial charge < -0.3 is 5.32 Å². The van der Waals surface area contributed by atoms with E-state index in [9.17, 15) is 8.42 Å². The van der Waals surface area contributed by atoms with Gasteiger partial charge in [-0.15, -0.1) is 0 Å². The largest absolute Gasteiger partial charge is 0.309 e. The van der Waals surface area contributed by atoms with Gasteiger partial charge in [0.15, 0.2) is 0 Å². The van der Waals surface area contributed by atoms with Gasteiger partial charge in [0.25, 0.3) is 0 Å². The van der Waals surface area contributed by atoms with Crippen molar-refractivity contribution in [2.24, 2.45) is 0 Å². The van der Waals surface area contributed by atoms with Crippen molar-refractivity contribution in [3.63, 3.8) is 0 Å². The summed E-state index contributed by atoms with van der Waals surface area (Å²) in [6, 6.07) is 7.64. The highest BCUT2D eigenvalue weighted by Crippen LogP contribution is 2.17. The number of thioether (sulfide) groups is 1. The Labute approximate surface area is 119 Å². The molecule has 0 radical (unpaired) electrons. The Balaban J connectivity index is 1.99. The second-order valence-electron chi connectivity index (χ2n) is 4.65. The normalized spacial score (nSPS) is 20.4. The molecule has 0 aromatic heterocycles. The first-order valence-electron chi connectivity index (χ1n) is 6.45. The molecule has 1 aromatic rings. The third-order valence-corrected chi connectivity index (χ3v) is 5.86. The minimum atomic E-state index is -3.35. The monoisotopic (exact) mass is 300 g/mol. The van der Waals surface area contributed by atoms with Crippen LogP contribution in [-0.2, 0) is 16.6 Å². The van der Waals surface area contributed by atoms with E-state index in [2.05, 4.69) is 10.0 Å². The number of benzene rings is 1. The molecule has 6 heteroatoms. The molecule has 4 nitrogen and oxygen atoms in total. The van der Waals surface area contributed by atoms with Crippen LogP contribution in [0.25, 0.3) is 0 Å². The van der Waals surface area contributed by atoms with Crippen molar-refractivity contribution in [3.8, 4) is 0 Å². The summed E-state index contributed by atoms with van der Waals surface area (Å²) in [7, 11) is -1.92. The van der Waals surface area contributed by atoms with Crippen LogP contribution >= 0.6 is 11.8 Å². The molecule has 1 saturated heterocycles. The van der Waals surface area contributed by atoms with E-state index in [1.807, 2.05) is 17.8 Å². The summed E-state index contributed by atoms with van der Waals surface area (Å²) in [4.78, 5) is 0.326. The van der Waals surface area contributed by atoms with Gasteiger partial charge >= 0.3 is 0 Å². The molecule has 2 N–H and O–H groups in total. The minimum absolute atomic E-state index is 0.326. The Morgan fingerprint density at radius 3 is 2.95 bits per heavy atom. The first kappa shape index (κ1) is 14.8. The van der Waals surface area contributed by atoms with Crippen LogP contribution < -0.4 is 10.0 Å². The summed E-state index contributed by atoms with van der Waals surface area (Å²) in [5, 5.41) is 3.50. The van der Waals surface area contributed by atoms with Crippen molar-refractivity contribution in [2.45, 2.75) is 30.3 Å². The molecule has 1 fully saturated rings. The lowest BCUT2D eigenvalue weighted by Gasteiger charge is -2.22. The summed E-state index contributed by atoms with van der Waals surface area (Å²) >= 11 is 1.98. The number of hydrogen-bond acceptors (Lipinski definition) is 4. The minimum Gasteiger partial charge on any atom is -0.309 e. The topological polar surface area (TPSA) is 58.2 Å². The van der Waals surface area contributed by atoms with Crippen molar-refractivity contribution < 1.29 is 8.42 Å². The van der Waals surface area contributed by atoms with Gasteiger partial charge in [-0.1, -0.05) is 12.1 Å². The Kier molecular flexibility index (Phi) is 5.27. The molecule has 106 valence electrons. The van der Waals surface area contributed by atoms with Gasteiger partial charge in [0.1, 0.15) is 0 Å². The Morgan fingerprint density at radius 2 is 2.26 bits per heavy atom. The number of sulfonamides is 1. The number of rotatable bonds is 5. The van der Waals surface area contributed by atoms with Crippen LogP contribution in [0.5, 0.6) is 0 Å². The van der Waals surface area contributed by atoms with Gasteiger partial charge in [0.05, 0.1) is 4.90 Å². The van der Waals surface area contributed by atoms with Gasteiger partial charge in [-0.3, -0.25) is 0 Å². The maximum atomic E-state index is 11.7. The van der Waals surface area contributed by atoms with E-state index in [1.165, 1.54) is 25.6 Å². The quantitative estimate of drug-likeness (QED) is 0.867. The highest BCUT2D eigenvalue weighted by Gasteiger charge is 2.14. The van der Waals surface area contributed by atoms with Crippen LogP contribution in [0.1, 0.15) is 18.4 Å². The number of hydrogen-bond donors (Lipinski definition) is 2. The summed E-state index contributed by atoms with van der Waals surface area (Å²) < 4.78 is 25.8. The van der Waals surface area contributed by atoms with E-state index in [1.54, 1.807) is 18.2 Å². The highest BCUT2D eigenvalue weighted by atomic mass is 32.2. The van der Waals surface area contributed by atoms with Crippen LogP contribution in [0.15, 0.2) is 29.2 Å². The predicted octanol–water partition coefficient (Wildman–Crippen LogP) is 1.58. The summed E-state index contributed by atoms with van der Waals surface area (Å²) in [6.45, 7) is 0.721. The molecule has 19 heavy (non-hydrogen) atoms. The summed E-state index contributed by atoms with van der Waals surface area (Å²) in [5.74, 6) is 2.41. The van der Waals surface area contributed by atoms with Gasteiger partial charge in [-0.25, -0.2) is 13.1 Å². The zero-order valence-corrected chi connectivity index (χ0v) is 12.7. The Morgan fingerprint density at radius 1 is 1.42 bits per heavy atom. The van der Waals surface area contributed by atoms with Crippen molar-refractivity contribution >= 4 is 21.8 Å². The molecule has 1 aliphatic heterocycles. The molecule has 0 spiro atoms. The average Bonchev–Trinajstić information content (AvgIpc) is 2.46. The lowest BCUT2D eigenvalue weighted by Crippen LogP contribution is -2.33. The first-order chi connectivity index (χ1) is 9.12. The fraction of sp³-hybridized carbons (Fsp3) is 0.538. The fourth-order valence-electron chi connectivity index (χ4n) is 2.10. The SMILES string of the molecule is CNS(=O)(=O)c1cccc(CNC2CCCSC2)c1. The maximum Gasteiger partial charge on any atom is 0.240 e. The van der Waals surface area contributed by atoms with Gasteiger partial charge in [-0.05, 0) is 43.3 Å². The Hall–Kier alpha value is -0.560. The zero-order chi connectivity index (χ0) is 13.7. The van der Waals surface area contributed by atoms with Crippen LogP contribution in [0.2, 0.25) is 0 Å². The third-order valence-electron chi connectivity index (χ3n) is 3.23. The molecule has 1 atom stereocenters. The van der Waals surface area contributed by atoms with Crippen LogP contribution in [0.3, 0.4) is 0 Å². The molecule has 1 aliphatic rings. The third kappa shape index (κ3) is 4.21. The van der Waals surface area contributed by atoms with Crippen molar-refractivity contribution in [3.05, 3.63) is 29.8 Å². The first-order valence-corrected chi connectivity index (χ1v) is 9.09. The van der Waals surface area contributed by atoms with E-state index in [-0.39, 0.29) is 0 Å².